The van der Waals surface area contributed by atoms with Crippen molar-refractivity contribution >= 4 is 34.5 Å². The summed E-state index contributed by atoms with van der Waals surface area (Å²) in [4.78, 5) is 40.9. The molecule has 11 heteroatoms. The van der Waals surface area contributed by atoms with Crippen LogP contribution in [0.25, 0.3) is 22.3 Å². The van der Waals surface area contributed by atoms with Crippen LogP contribution in [0.15, 0.2) is 66.6 Å². The first-order chi connectivity index (χ1) is 20.0. The quantitative estimate of drug-likeness (QED) is 0.274. The van der Waals surface area contributed by atoms with E-state index < -0.39 is 0 Å². The number of likely N-dealkylation sites (tertiary alicyclic amines) is 1. The standard InChI is InChI=1S/C30H27N9O2/c31-14-21(11-17-4-5-17)30(41)38-15-18-12-22(38)23(13-18)39-28-25(27(32)34-16-35-28)26(37-39)19-6-8-20(9-7-19)29(40)36-24-3-1-2-10-33-24/h1-3,6-11,16-18,22-23H,4-5,12-13,15H2,(H2,32,34,35)(H,33,36,40)/b21-11+/t18-,22-,23?/m1/s1. The number of pyridine rings is 1. The van der Waals surface area contributed by atoms with Crippen molar-refractivity contribution in [3.05, 3.63) is 72.2 Å². The van der Waals surface area contributed by atoms with Crippen molar-refractivity contribution < 1.29 is 9.59 Å². The lowest BCUT2D eigenvalue weighted by Crippen LogP contribution is -2.43. The number of nitrogens with one attached hydrogen (secondary N) is 1. The van der Waals surface area contributed by atoms with E-state index >= 15 is 0 Å². The molecule has 1 saturated heterocycles. The lowest BCUT2D eigenvalue weighted by Gasteiger charge is -2.33. The van der Waals surface area contributed by atoms with Gasteiger partial charge in [0.2, 0.25) is 0 Å². The highest BCUT2D eigenvalue weighted by molar-refractivity contribution is 6.04. The molecule has 1 aliphatic heterocycles. The van der Waals surface area contributed by atoms with Crippen LogP contribution in [-0.4, -0.2) is 54.0 Å². The van der Waals surface area contributed by atoms with Crippen LogP contribution in [0.2, 0.25) is 0 Å². The summed E-state index contributed by atoms with van der Waals surface area (Å²) in [6, 6.07) is 14.4. The van der Waals surface area contributed by atoms with E-state index in [1.165, 1.54) is 6.33 Å². The zero-order valence-corrected chi connectivity index (χ0v) is 22.1. The van der Waals surface area contributed by atoms with E-state index in [9.17, 15) is 14.9 Å². The van der Waals surface area contributed by atoms with Crippen molar-refractivity contribution in [2.45, 2.75) is 37.8 Å². The maximum atomic E-state index is 13.4. The predicted molar refractivity (Wildman–Crippen MR) is 151 cm³/mol. The van der Waals surface area contributed by atoms with E-state index in [1.54, 1.807) is 36.5 Å². The van der Waals surface area contributed by atoms with E-state index in [0.717, 1.165) is 31.2 Å². The van der Waals surface area contributed by atoms with Crippen molar-refractivity contribution in [3.63, 3.8) is 0 Å². The highest BCUT2D eigenvalue weighted by Crippen LogP contribution is 2.47. The number of aromatic nitrogens is 5. The number of nitriles is 1. The molecule has 11 nitrogen and oxygen atoms in total. The Morgan fingerprint density at radius 3 is 2.56 bits per heavy atom. The molecule has 0 spiro atoms. The van der Waals surface area contributed by atoms with Gasteiger partial charge in [-0.2, -0.15) is 10.4 Å². The summed E-state index contributed by atoms with van der Waals surface area (Å²) >= 11 is 0. The fraction of sp³-hybridized carbons (Fsp3) is 0.300. The molecule has 2 aliphatic carbocycles. The molecule has 3 fully saturated rings. The number of nitrogen functional groups attached to an aromatic ring is 1. The third-order valence-electron chi connectivity index (χ3n) is 8.24. The van der Waals surface area contributed by atoms with Gasteiger partial charge >= 0.3 is 0 Å². The van der Waals surface area contributed by atoms with Crippen LogP contribution in [0.5, 0.6) is 0 Å². The van der Waals surface area contributed by atoms with E-state index in [2.05, 4.69) is 26.3 Å². The molecule has 1 unspecified atom stereocenters. The zero-order valence-electron chi connectivity index (χ0n) is 22.1. The molecule has 2 amide bonds. The molecule has 2 saturated carbocycles. The number of piperidine rings is 1. The zero-order chi connectivity index (χ0) is 28.1. The number of carbonyl (C=O) groups is 2. The van der Waals surface area contributed by atoms with E-state index in [0.29, 0.717) is 52.3 Å². The average Bonchev–Trinajstić information content (AvgIpc) is 3.39. The summed E-state index contributed by atoms with van der Waals surface area (Å²) in [6.07, 6.45) is 8.65. The Morgan fingerprint density at radius 2 is 1.85 bits per heavy atom. The van der Waals surface area contributed by atoms with Gasteiger partial charge in [0.15, 0.2) is 5.65 Å². The fourth-order valence-corrected chi connectivity index (χ4v) is 6.13. The van der Waals surface area contributed by atoms with Crippen LogP contribution < -0.4 is 11.1 Å². The molecule has 4 heterocycles. The summed E-state index contributed by atoms with van der Waals surface area (Å²) in [7, 11) is 0. The van der Waals surface area contributed by atoms with E-state index in [1.807, 2.05) is 27.8 Å². The first-order valence-electron chi connectivity index (χ1n) is 13.7. The van der Waals surface area contributed by atoms with E-state index in [-0.39, 0.29) is 29.5 Å². The van der Waals surface area contributed by atoms with Gasteiger partial charge in [-0.25, -0.2) is 19.6 Å². The predicted octanol–water partition coefficient (Wildman–Crippen LogP) is 3.74. The number of allylic oxidation sites excluding steroid dienone is 1. The van der Waals surface area contributed by atoms with Crippen LogP contribution in [0.4, 0.5) is 11.6 Å². The monoisotopic (exact) mass is 545 g/mol. The number of fused-ring (bicyclic) bond motifs is 3. The van der Waals surface area contributed by atoms with Crippen LogP contribution in [-0.2, 0) is 4.79 Å². The molecule has 3 N–H and O–H groups in total. The Labute approximate surface area is 235 Å². The van der Waals surface area contributed by atoms with Gasteiger partial charge < -0.3 is 16.0 Å². The normalized spacial score (nSPS) is 21.7. The van der Waals surface area contributed by atoms with E-state index in [4.69, 9.17) is 10.8 Å². The van der Waals surface area contributed by atoms with Gasteiger partial charge in [-0.1, -0.05) is 24.3 Å². The molecular weight excluding hydrogens is 518 g/mol. The summed E-state index contributed by atoms with van der Waals surface area (Å²) in [5, 5.41) is 18.1. The second kappa shape index (κ2) is 9.82. The molecule has 4 aromatic rings. The van der Waals surface area contributed by atoms with Gasteiger partial charge in [-0.05, 0) is 61.8 Å². The highest BCUT2D eigenvalue weighted by atomic mass is 16.2. The Balaban J connectivity index is 1.20. The number of hydrogen-bond acceptors (Lipinski definition) is 8. The van der Waals surface area contributed by atoms with Gasteiger partial charge in [0, 0.05) is 23.9 Å². The fourth-order valence-electron chi connectivity index (χ4n) is 6.13. The number of carbonyl (C=O) groups excluding carboxylic acids is 2. The van der Waals surface area contributed by atoms with Crippen molar-refractivity contribution in [2.24, 2.45) is 11.8 Å². The number of anilines is 2. The first-order valence-corrected chi connectivity index (χ1v) is 13.7. The highest BCUT2D eigenvalue weighted by Gasteiger charge is 2.49. The van der Waals surface area contributed by atoms with Gasteiger partial charge in [0.05, 0.1) is 17.5 Å². The Morgan fingerprint density at radius 1 is 1.05 bits per heavy atom. The summed E-state index contributed by atoms with van der Waals surface area (Å²) in [5.41, 5.74) is 9.04. The first kappa shape index (κ1) is 24.9. The number of rotatable bonds is 6. The lowest BCUT2D eigenvalue weighted by molar-refractivity contribution is -0.129. The van der Waals surface area contributed by atoms with Gasteiger partial charge in [-0.15, -0.1) is 0 Å². The molecule has 41 heavy (non-hydrogen) atoms. The topological polar surface area (TPSA) is 156 Å². The Kier molecular flexibility index (Phi) is 5.96. The average molecular weight is 546 g/mol. The smallest absolute Gasteiger partial charge is 0.264 e. The maximum absolute atomic E-state index is 13.4. The molecule has 3 atom stereocenters. The second-order valence-corrected chi connectivity index (χ2v) is 11.0. The van der Waals surface area contributed by atoms with Crippen LogP contribution >= 0.6 is 0 Å². The number of nitrogens with zero attached hydrogens (tertiary/aromatic N) is 7. The van der Waals surface area contributed by atoms with Crippen LogP contribution in [0, 0.1) is 23.2 Å². The minimum atomic E-state index is -0.271. The summed E-state index contributed by atoms with van der Waals surface area (Å²) in [5.74, 6) is 0.986. The van der Waals surface area contributed by atoms with Gasteiger partial charge in [0.25, 0.3) is 11.8 Å². The molecule has 3 aromatic heterocycles. The molecule has 7 rings (SSSR count). The van der Waals surface area contributed by atoms with Crippen molar-refractivity contribution in [1.82, 2.24) is 29.6 Å². The third kappa shape index (κ3) is 4.47. The number of benzene rings is 1. The molecule has 3 aliphatic rings. The molecule has 0 radical (unpaired) electrons. The van der Waals surface area contributed by atoms with Crippen molar-refractivity contribution in [2.75, 3.05) is 17.6 Å². The SMILES string of the molecule is N#C/C(=C\C1CC1)C(=O)N1C[C@H]2CC(n3nc(-c4ccc(C(=O)Nc5ccccn5)cc4)c4c(N)ncnc43)[C@H]1C2. The number of nitrogens with two attached hydrogens (primary N) is 1. The molecule has 1 aromatic carbocycles. The van der Waals surface area contributed by atoms with Crippen molar-refractivity contribution in [1.29, 1.82) is 5.26 Å². The Bertz CT molecular complexity index is 1740. The van der Waals surface area contributed by atoms with Crippen molar-refractivity contribution in [3.8, 4) is 17.3 Å². The summed E-state index contributed by atoms with van der Waals surface area (Å²) in [6.45, 7) is 0.648. The minimum absolute atomic E-state index is 0.0896. The second-order valence-electron chi connectivity index (χ2n) is 11.0. The molecule has 2 bridgehead atoms. The number of amides is 2. The van der Waals surface area contributed by atoms with Gasteiger partial charge in [0.1, 0.15) is 35.3 Å². The third-order valence-corrected chi connectivity index (χ3v) is 8.24. The molecular formula is C30H27N9O2. The Hall–Kier alpha value is -5.11. The number of hydrogen-bond donors (Lipinski definition) is 2. The minimum Gasteiger partial charge on any atom is -0.383 e. The van der Waals surface area contributed by atoms with Crippen LogP contribution in [0.3, 0.4) is 0 Å². The largest absolute Gasteiger partial charge is 0.383 e. The van der Waals surface area contributed by atoms with Gasteiger partial charge in [-0.3, -0.25) is 9.59 Å². The summed E-state index contributed by atoms with van der Waals surface area (Å²) < 4.78 is 1.88. The maximum Gasteiger partial charge on any atom is 0.264 e. The molecule has 204 valence electrons. The van der Waals surface area contributed by atoms with Crippen LogP contribution in [0.1, 0.15) is 42.1 Å². The lowest BCUT2D eigenvalue weighted by atomic mass is 10.0.